The van der Waals surface area contributed by atoms with Gasteiger partial charge in [-0.05, 0) is 43.2 Å². The largest absolute Gasteiger partial charge is 0.497 e. The molecule has 2 aromatic rings. The van der Waals surface area contributed by atoms with Gasteiger partial charge in [0.05, 0.1) is 28.4 Å². The van der Waals surface area contributed by atoms with E-state index in [4.69, 9.17) is 18.9 Å². The number of ether oxygens (including phenoxy) is 4. The summed E-state index contributed by atoms with van der Waals surface area (Å²) in [7, 11) is 6.18. The third kappa shape index (κ3) is 5.20. The van der Waals surface area contributed by atoms with Crippen LogP contribution in [0, 0.1) is 0 Å². The first-order valence-electron chi connectivity index (χ1n) is 10.0. The number of carbonyl (C=O) groups is 2. The lowest BCUT2D eigenvalue weighted by Gasteiger charge is -2.32. The lowest BCUT2D eigenvalue weighted by atomic mass is 10.0. The van der Waals surface area contributed by atoms with Crippen LogP contribution >= 0.6 is 0 Å². The van der Waals surface area contributed by atoms with E-state index in [9.17, 15) is 9.59 Å². The molecule has 2 aromatic carbocycles. The number of likely N-dealkylation sites (tertiary alicyclic amines) is 1. The number of nitrogens with one attached hydrogen (secondary N) is 1. The fourth-order valence-electron chi connectivity index (χ4n) is 3.59. The molecule has 1 aliphatic rings. The monoisotopic (exact) mass is 428 g/mol. The molecule has 0 aliphatic carbocycles. The number of carbonyl (C=O) groups excluding carboxylic acids is 2. The smallest absolute Gasteiger partial charge is 0.253 e. The normalized spacial score (nSPS) is 14.0. The first-order valence-corrected chi connectivity index (χ1v) is 10.0. The minimum atomic E-state index is -0.193. The van der Waals surface area contributed by atoms with E-state index in [-0.39, 0.29) is 17.9 Å². The van der Waals surface area contributed by atoms with Crippen LogP contribution < -0.4 is 24.3 Å². The predicted molar refractivity (Wildman–Crippen MR) is 115 cm³/mol. The summed E-state index contributed by atoms with van der Waals surface area (Å²) in [6, 6.07) is 10.2. The van der Waals surface area contributed by atoms with Crippen LogP contribution in [0.25, 0.3) is 0 Å². The van der Waals surface area contributed by atoms with Gasteiger partial charge in [0.25, 0.3) is 11.8 Å². The fourth-order valence-corrected chi connectivity index (χ4v) is 3.59. The molecule has 0 unspecified atom stereocenters. The molecule has 1 aliphatic heterocycles. The van der Waals surface area contributed by atoms with Crippen molar-refractivity contribution >= 4 is 11.8 Å². The van der Waals surface area contributed by atoms with Crippen LogP contribution in [-0.4, -0.2) is 64.3 Å². The highest BCUT2D eigenvalue weighted by molar-refractivity contribution is 5.96. The van der Waals surface area contributed by atoms with E-state index >= 15 is 0 Å². The fraction of sp³-hybridized carbons (Fsp3) is 0.391. The Kier molecular flexibility index (Phi) is 7.23. The van der Waals surface area contributed by atoms with Gasteiger partial charge >= 0.3 is 0 Å². The lowest BCUT2D eigenvalue weighted by Crippen LogP contribution is -2.46. The number of nitrogens with zero attached hydrogens (tertiary/aromatic N) is 1. The van der Waals surface area contributed by atoms with Gasteiger partial charge in [-0.25, -0.2) is 0 Å². The van der Waals surface area contributed by atoms with E-state index in [1.54, 1.807) is 62.6 Å². The molecule has 0 aromatic heterocycles. The average molecular weight is 428 g/mol. The van der Waals surface area contributed by atoms with Crippen LogP contribution in [-0.2, 0) is 0 Å². The molecule has 8 heteroatoms. The molecule has 8 nitrogen and oxygen atoms in total. The summed E-state index contributed by atoms with van der Waals surface area (Å²) < 4.78 is 21.0. The highest BCUT2D eigenvalue weighted by Crippen LogP contribution is 2.28. The standard InChI is InChI=1S/C23H28N2O6/c1-28-18-11-16(12-19(14-18)29-2)22(26)24-17-7-9-25(10-8-17)23(27)15-5-6-20(30-3)21(13-15)31-4/h5-6,11-14,17H,7-10H2,1-4H3,(H,24,26). The van der Waals surface area contributed by atoms with Gasteiger partial charge in [-0.2, -0.15) is 0 Å². The van der Waals surface area contributed by atoms with Crippen molar-refractivity contribution in [2.24, 2.45) is 0 Å². The van der Waals surface area contributed by atoms with Crippen molar-refractivity contribution in [1.82, 2.24) is 10.2 Å². The molecule has 0 spiro atoms. The topological polar surface area (TPSA) is 86.3 Å². The van der Waals surface area contributed by atoms with E-state index in [2.05, 4.69) is 5.32 Å². The first kappa shape index (κ1) is 22.3. The predicted octanol–water partition coefficient (Wildman–Crippen LogP) is 2.76. The molecule has 0 saturated carbocycles. The second kappa shape index (κ2) is 10.1. The van der Waals surface area contributed by atoms with Gasteiger partial charge in [0.15, 0.2) is 11.5 Å². The lowest BCUT2D eigenvalue weighted by molar-refractivity contribution is 0.0697. The van der Waals surface area contributed by atoms with Crippen molar-refractivity contribution in [3.8, 4) is 23.0 Å². The second-order valence-electron chi connectivity index (χ2n) is 7.21. The Hall–Kier alpha value is -3.42. The first-order chi connectivity index (χ1) is 15.0. The van der Waals surface area contributed by atoms with Crippen LogP contribution in [0.1, 0.15) is 33.6 Å². The van der Waals surface area contributed by atoms with E-state index < -0.39 is 0 Å². The van der Waals surface area contributed by atoms with E-state index in [0.29, 0.717) is 60.1 Å². The molecule has 166 valence electrons. The van der Waals surface area contributed by atoms with Crippen molar-refractivity contribution in [3.05, 3.63) is 47.5 Å². The molecular weight excluding hydrogens is 400 g/mol. The number of rotatable bonds is 7. The van der Waals surface area contributed by atoms with Crippen LogP contribution in [0.3, 0.4) is 0 Å². The zero-order chi connectivity index (χ0) is 22.4. The van der Waals surface area contributed by atoms with Gasteiger partial charge in [-0.15, -0.1) is 0 Å². The molecular formula is C23H28N2O6. The van der Waals surface area contributed by atoms with Gasteiger partial charge in [0.1, 0.15) is 11.5 Å². The van der Waals surface area contributed by atoms with Crippen molar-refractivity contribution in [1.29, 1.82) is 0 Å². The summed E-state index contributed by atoms with van der Waals surface area (Å²) in [4.78, 5) is 27.4. The molecule has 0 radical (unpaired) electrons. The van der Waals surface area contributed by atoms with Crippen LogP contribution in [0.2, 0.25) is 0 Å². The molecule has 1 fully saturated rings. The van der Waals surface area contributed by atoms with Crippen molar-refractivity contribution in [2.75, 3.05) is 41.5 Å². The molecule has 0 atom stereocenters. The minimum absolute atomic E-state index is 0.0147. The van der Waals surface area contributed by atoms with Crippen molar-refractivity contribution in [3.63, 3.8) is 0 Å². The van der Waals surface area contributed by atoms with E-state index in [0.717, 1.165) is 0 Å². The summed E-state index contributed by atoms with van der Waals surface area (Å²) in [5, 5.41) is 3.05. The van der Waals surface area contributed by atoms with Crippen molar-refractivity contribution in [2.45, 2.75) is 18.9 Å². The second-order valence-corrected chi connectivity index (χ2v) is 7.21. The van der Waals surface area contributed by atoms with Crippen LogP contribution in [0.4, 0.5) is 0 Å². The Morgan fingerprint density at radius 2 is 1.42 bits per heavy atom. The van der Waals surface area contributed by atoms with Gasteiger partial charge < -0.3 is 29.2 Å². The Labute approximate surface area is 182 Å². The van der Waals surface area contributed by atoms with E-state index in [1.807, 2.05) is 0 Å². The summed E-state index contributed by atoms with van der Waals surface area (Å²) in [6.45, 7) is 1.11. The Morgan fingerprint density at radius 3 is 1.97 bits per heavy atom. The highest BCUT2D eigenvalue weighted by atomic mass is 16.5. The van der Waals surface area contributed by atoms with E-state index in [1.165, 1.54) is 7.11 Å². The molecule has 3 rings (SSSR count). The number of methoxy groups -OCH3 is 4. The average Bonchev–Trinajstić information content (AvgIpc) is 2.83. The quantitative estimate of drug-likeness (QED) is 0.730. The number of amides is 2. The third-order valence-electron chi connectivity index (χ3n) is 5.36. The maximum Gasteiger partial charge on any atom is 0.253 e. The Bertz CT molecular complexity index is 915. The highest BCUT2D eigenvalue weighted by Gasteiger charge is 2.26. The summed E-state index contributed by atoms with van der Waals surface area (Å²) in [5.41, 5.74) is 1.02. The number of benzene rings is 2. The van der Waals surface area contributed by atoms with Gasteiger partial charge in [-0.3, -0.25) is 9.59 Å². The zero-order valence-corrected chi connectivity index (χ0v) is 18.3. The molecule has 31 heavy (non-hydrogen) atoms. The van der Waals surface area contributed by atoms with Gasteiger partial charge in [0, 0.05) is 36.3 Å². The molecule has 0 bridgehead atoms. The molecule has 1 heterocycles. The van der Waals surface area contributed by atoms with Gasteiger partial charge in [0.2, 0.25) is 0 Å². The minimum Gasteiger partial charge on any atom is -0.497 e. The van der Waals surface area contributed by atoms with Crippen molar-refractivity contribution < 1.29 is 28.5 Å². The summed E-state index contributed by atoms with van der Waals surface area (Å²) >= 11 is 0. The molecule has 1 N–H and O–H groups in total. The zero-order valence-electron chi connectivity index (χ0n) is 18.3. The maximum absolute atomic E-state index is 12.9. The van der Waals surface area contributed by atoms with Crippen LogP contribution in [0.5, 0.6) is 23.0 Å². The molecule has 1 saturated heterocycles. The SMILES string of the molecule is COc1cc(OC)cc(C(=O)NC2CCN(C(=O)c3ccc(OC)c(OC)c3)CC2)c1. The maximum atomic E-state index is 12.9. The Morgan fingerprint density at radius 1 is 0.806 bits per heavy atom. The molecule has 2 amide bonds. The summed E-state index contributed by atoms with van der Waals surface area (Å²) in [6.07, 6.45) is 1.34. The van der Waals surface area contributed by atoms with Gasteiger partial charge in [-0.1, -0.05) is 0 Å². The number of hydrogen-bond acceptors (Lipinski definition) is 6. The number of piperidine rings is 1. The van der Waals surface area contributed by atoms with Crippen LogP contribution in [0.15, 0.2) is 36.4 Å². The third-order valence-corrected chi connectivity index (χ3v) is 5.36. The number of hydrogen-bond donors (Lipinski definition) is 1. The summed E-state index contributed by atoms with van der Waals surface area (Å²) in [5.74, 6) is 1.95. The Balaban J connectivity index is 1.59.